The Balaban J connectivity index is 2.61. The number of nitrogens with two attached hydrogens (primary N) is 1. The molecule has 2 heterocycles. The van der Waals surface area contributed by atoms with Crippen molar-refractivity contribution in [3.8, 4) is 11.3 Å². The Hall–Kier alpha value is -1.33. The van der Waals surface area contributed by atoms with Gasteiger partial charge >= 0.3 is 0 Å². The van der Waals surface area contributed by atoms with E-state index in [-0.39, 0.29) is 16.3 Å². The lowest BCUT2D eigenvalue weighted by atomic mass is 10.3. The van der Waals surface area contributed by atoms with Crippen molar-refractivity contribution in [2.45, 2.75) is 0 Å². The largest absolute Gasteiger partial charge is 0.423 e. The highest BCUT2D eigenvalue weighted by atomic mass is 35.5. The smallest absolute Gasteiger partial charge is 0.292 e. The van der Waals surface area contributed by atoms with Gasteiger partial charge in [-0.05, 0) is 0 Å². The van der Waals surface area contributed by atoms with Gasteiger partial charge in [0, 0.05) is 0 Å². The molecular formula is C7H4Cl2N4O. The third-order valence-electron chi connectivity index (χ3n) is 1.52. The summed E-state index contributed by atoms with van der Waals surface area (Å²) in [5.41, 5.74) is 5.70. The average molecular weight is 231 g/mol. The second-order valence-corrected chi connectivity index (χ2v) is 3.11. The van der Waals surface area contributed by atoms with Crippen LogP contribution in [0, 0.1) is 0 Å². The normalized spacial score (nSPS) is 10.4. The minimum absolute atomic E-state index is 0.0380. The van der Waals surface area contributed by atoms with Gasteiger partial charge in [0.15, 0.2) is 5.76 Å². The molecule has 5 nitrogen and oxygen atoms in total. The van der Waals surface area contributed by atoms with Crippen LogP contribution in [0.5, 0.6) is 0 Å². The highest BCUT2D eigenvalue weighted by Crippen LogP contribution is 2.32. The second-order valence-electron chi connectivity index (χ2n) is 2.39. The van der Waals surface area contributed by atoms with E-state index in [1.54, 1.807) is 0 Å². The topological polar surface area (TPSA) is 77.8 Å². The molecule has 0 unspecified atom stereocenters. The monoisotopic (exact) mass is 230 g/mol. The molecule has 7 heteroatoms. The van der Waals surface area contributed by atoms with Gasteiger partial charge in [0.1, 0.15) is 16.6 Å². The molecule has 72 valence electrons. The number of anilines is 1. The van der Waals surface area contributed by atoms with Crippen molar-refractivity contribution < 1.29 is 4.42 Å². The summed E-state index contributed by atoms with van der Waals surface area (Å²) in [6, 6.07) is 0.0380. The highest BCUT2D eigenvalue weighted by molar-refractivity contribution is 6.37. The molecular weight excluding hydrogens is 227 g/mol. The van der Waals surface area contributed by atoms with E-state index in [0.29, 0.717) is 11.3 Å². The summed E-state index contributed by atoms with van der Waals surface area (Å²) in [5.74, 6) is 0.345. The van der Waals surface area contributed by atoms with E-state index >= 15 is 0 Å². The third-order valence-corrected chi connectivity index (χ3v) is 2.10. The molecule has 0 spiro atoms. The van der Waals surface area contributed by atoms with Gasteiger partial charge in [-0.3, -0.25) is 0 Å². The van der Waals surface area contributed by atoms with Crippen LogP contribution in [-0.2, 0) is 0 Å². The average Bonchev–Trinajstić information content (AvgIpc) is 2.51. The van der Waals surface area contributed by atoms with Gasteiger partial charge in [0.2, 0.25) is 0 Å². The van der Waals surface area contributed by atoms with Crippen molar-refractivity contribution >= 4 is 29.2 Å². The molecule has 0 aliphatic rings. The number of nitrogen functional groups attached to an aromatic ring is 1. The van der Waals surface area contributed by atoms with E-state index in [1.165, 1.54) is 12.5 Å². The highest BCUT2D eigenvalue weighted by Gasteiger charge is 2.14. The number of hydrogen-bond acceptors (Lipinski definition) is 5. The van der Waals surface area contributed by atoms with Gasteiger partial charge in [0.05, 0.1) is 11.8 Å². The molecule has 2 aromatic rings. The Labute approximate surface area is 88.9 Å². The standard InChI is InChI=1S/C7H4Cl2N4O/c8-5-4(6(9)13-2-12-5)3-1-11-7(10)14-3/h1-2H,(H2,10,11). The van der Waals surface area contributed by atoms with Crippen LogP contribution in [0.1, 0.15) is 0 Å². The minimum Gasteiger partial charge on any atom is -0.423 e. The van der Waals surface area contributed by atoms with E-state index in [9.17, 15) is 0 Å². The molecule has 0 atom stereocenters. The van der Waals surface area contributed by atoms with Gasteiger partial charge in [-0.15, -0.1) is 0 Å². The van der Waals surface area contributed by atoms with Crippen LogP contribution in [0.4, 0.5) is 6.01 Å². The van der Waals surface area contributed by atoms with Crippen LogP contribution in [-0.4, -0.2) is 15.0 Å². The first-order valence-corrected chi connectivity index (χ1v) is 4.31. The lowest BCUT2D eigenvalue weighted by molar-refractivity contribution is 0.594. The summed E-state index contributed by atoms with van der Waals surface area (Å²) in [6.45, 7) is 0. The van der Waals surface area contributed by atoms with Crippen molar-refractivity contribution in [2.75, 3.05) is 5.73 Å². The lowest BCUT2D eigenvalue weighted by Gasteiger charge is -1.99. The van der Waals surface area contributed by atoms with Crippen molar-refractivity contribution in [3.63, 3.8) is 0 Å². The van der Waals surface area contributed by atoms with E-state index < -0.39 is 0 Å². The molecule has 0 aliphatic heterocycles. The summed E-state index contributed by atoms with van der Waals surface area (Å²) < 4.78 is 5.05. The number of oxazole rings is 1. The van der Waals surface area contributed by atoms with Gasteiger partial charge in [-0.2, -0.15) is 0 Å². The summed E-state index contributed by atoms with van der Waals surface area (Å²) in [4.78, 5) is 11.2. The number of halogens is 2. The maximum absolute atomic E-state index is 5.81. The maximum atomic E-state index is 5.81. The number of hydrogen-bond donors (Lipinski definition) is 1. The number of nitrogens with zero attached hydrogens (tertiary/aromatic N) is 3. The predicted octanol–water partition coefficient (Wildman–Crippen LogP) is 2.02. The summed E-state index contributed by atoms with van der Waals surface area (Å²) in [5, 5.41) is 0.391. The van der Waals surface area contributed by atoms with E-state index in [4.69, 9.17) is 33.4 Å². The van der Waals surface area contributed by atoms with Crippen LogP contribution >= 0.6 is 23.2 Å². The zero-order chi connectivity index (χ0) is 10.1. The maximum Gasteiger partial charge on any atom is 0.292 e. The summed E-state index contributed by atoms with van der Waals surface area (Å²) >= 11 is 11.6. The molecule has 2 N–H and O–H groups in total. The van der Waals surface area contributed by atoms with Gasteiger partial charge < -0.3 is 10.2 Å². The predicted molar refractivity (Wildman–Crippen MR) is 52.0 cm³/mol. The first-order chi connectivity index (χ1) is 6.68. The molecule has 0 saturated heterocycles. The van der Waals surface area contributed by atoms with Crippen molar-refractivity contribution in [1.82, 2.24) is 15.0 Å². The Bertz CT molecular complexity index is 450. The fourth-order valence-corrected chi connectivity index (χ4v) is 1.45. The molecule has 0 amide bonds. The Morgan fingerprint density at radius 3 is 2.29 bits per heavy atom. The van der Waals surface area contributed by atoms with E-state index in [0.717, 1.165) is 0 Å². The fraction of sp³-hybridized carbons (Fsp3) is 0. The molecule has 0 radical (unpaired) electrons. The molecule has 2 aromatic heterocycles. The molecule has 2 rings (SSSR count). The summed E-state index contributed by atoms with van der Waals surface area (Å²) in [6.07, 6.45) is 2.67. The Morgan fingerprint density at radius 1 is 1.14 bits per heavy atom. The van der Waals surface area contributed by atoms with Crippen molar-refractivity contribution in [2.24, 2.45) is 0 Å². The third kappa shape index (κ3) is 1.51. The van der Waals surface area contributed by atoms with E-state index in [2.05, 4.69) is 15.0 Å². The number of aromatic nitrogens is 3. The molecule has 0 saturated carbocycles. The van der Waals surface area contributed by atoms with Crippen LogP contribution < -0.4 is 5.73 Å². The molecule has 0 bridgehead atoms. The lowest BCUT2D eigenvalue weighted by Crippen LogP contribution is -1.86. The van der Waals surface area contributed by atoms with Crippen molar-refractivity contribution in [1.29, 1.82) is 0 Å². The van der Waals surface area contributed by atoms with Crippen LogP contribution in [0.25, 0.3) is 11.3 Å². The first kappa shape index (κ1) is 9.23. The zero-order valence-electron chi connectivity index (χ0n) is 6.74. The number of rotatable bonds is 1. The van der Waals surface area contributed by atoms with Gasteiger partial charge in [-0.25, -0.2) is 15.0 Å². The van der Waals surface area contributed by atoms with Gasteiger partial charge in [-0.1, -0.05) is 23.2 Å². The zero-order valence-corrected chi connectivity index (χ0v) is 8.25. The minimum atomic E-state index is 0.0380. The quantitative estimate of drug-likeness (QED) is 0.759. The first-order valence-electron chi connectivity index (χ1n) is 3.56. The van der Waals surface area contributed by atoms with Crippen LogP contribution in [0.15, 0.2) is 16.9 Å². The Kier molecular flexibility index (Phi) is 2.26. The van der Waals surface area contributed by atoms with Crippen LogP contribution in [0.3, 0.4) is 0 Å². The SMILES string of the molecule is Nc1ncc(-c2c(Cl)ncnc2Cl)o1. The Morgan fingerprint density at radius 2 is 1.79 bits per heavy atom. The second kappa shape index (κ2) is 3.43. The fourth-order valence-electron chi connectivity index (χ4n) is 0.951. The molecule has 0 fully saturated rings. The van der Waals surface area contributed by atoms with Crippen LogP contribution in [0.2, 0.25) is 10.3 Å². The van der Waals surface area contributed by atoms with E-state index in [1.807, 2.05) is 0 Å². The molecule has 0 aromatic carbocycles. The van der Waals surface area contributed by atoms with Gasteiger partial charge in [0.25, 0.3) is 6.01 Å². The molecule has 14 heavy (non-hydrogen) atoms. The summed E-state index contributed by atoms with van der Waals surface area (Å²) in [7, 11) is 0. The van der Waals surface area contributed by atoms with Crippen molar-refractivity contribution in [3.05, 3.63) is 22.8 Å². The molecule has 0 aliphatic carbocycles.